The first kappa shape index (κ1) is 28.3. The van der Waals surface area contributed by atoms with Crippen LogP contribution < -0.4 is 5.32 Å². The standard InChI is InChI=1S/C20H22FN5OS.C3H8.C2H6/c1-12(2)19-24-20(25-26(19)11-22)23-18-8-7-16(10-17(18)21)28-15-6-4-5-14(9-15)13(3)27;1-3-2;1-2/h4-13,22,27H,1-3H3,(H,23,25);3H2,1-2H3;1-2H3. The number of anilines is 2. The molecule has 0 saturated heterocycles. The molecule has 1 unspecified atom stereocenters. The van der Waals surface area contributed by atoms with Crippen LogP contribution >= 0.6 is 11.8 Å². The van der Waals surface area contributed by atoms with E-state index < -0.39 is 11.9 Å². The Bertz CT molecular complexity index is 1000. The third kappa shape index (κ3) is 8.63. The lowest BCUT2D eigenvalue weighted by atomic mass is 10.1. The quantitative estimate of drug-likeness (QED) is 0.246. The predicted octanol–water partition coefficient (Wildman–Crippen LogP) is 7.39. The molecule has 0 spiro atoms. The number of nitrogens with zero attached hydrogens (tertiary/aromatic N) is 3. The highest BCUT2D eigenvalue weighted by Gasteiger charge is 2.14. The number of benzene rings is 2. The fourth-order valence-corrected chi connectivity index (χ4v) is 3.54. The molecule has 33 heavy (non-hydrogen) atoms. The molecule has 0 saturated carbocycles. The molecule has 8 heteroatoms. The molecule has 6 nitrogen and oxygen atoms in total. The van der Waals surface area contributed by atoms with Crippen molar-refractivity contribution < 1.29 is 9.50 Å². The summed E-state index contributed by atoms with van der Waals surface area (Å²) in [7, 11) is 0. The van der Waals surface area contributed by atoms with E-state index >= 15 is 0 Å². The zero-order chi connectivity index (χ0) is 25.0. The summed E-state index contributed by atoms with van der Waals surface area (Å²) in [5.41, 5.74) is 1.08. The zero-order valence-electron chi connectivity index (χ0n) is 20.6. The Morgan fingerprint density at radius 1 is 1.12 bits per heavy atom. The van der Waals surface area contributed by atoms with Crippen LogP contribution in [0.2, 0.25) is 0 Å². The van der Waals surface area contributed by atoms with Crippen LogP contribution in [0.15, 0.2) is 52.3 Å². The monoisotopic (exact) mass is 473 g/mol. The molecule has 180 valence electrons. The summed E-state index contributed by atoms with van der Waals surface area (Å²) in [6, 6.07) is 12.4. The molecule has 3 N–H and O–H groups in total. The van der Waals surface area contributed by atoms with Crippen LogP contribution in [0.1, 0.15) is 78.3 Å². The molecule has 0 fully saturated rings. The Kier molecular flexibility index (Phi) is 12.4. The van der Waals surface area contributed by atoms with Gasteiger partial charge in [-0.3, -0.25) is 5.41 Å². The van der Waals surface area contributed by atoms with Crippen molar-refractivity contribution in [2.45, 2.75) is 76.7 Å². The highest BCUT2D eigenvalue weighted by atomic mass is 32.2. The van der Waals surface area contributed by atoms with Gasteiger partial charge in [0.2, 0.25) is 5.95 Å². The molecule has 1 atom stereocenters. The third-order valence-electron chi connectivity index (χ3n) is 4.06. The molecule has 0 radical (unpaired) electrons. The van der Waals surface area contributed by atoms with Crippen molar-refractivity contribution in [2.24, 2.45) is 0 Å². The minimum absolute atomic E-state index is 0.0886. The SMILES string of the molecule is CC.CC(C)c1nc(Nc2ccc(Sc3cccc(C(C)O)c3)cc2F)nn1C=N.CCC. The molecule has 1 heterocycles. The minimum Gasteiger partial charge on any atom is -0.389 e. The molecular formula is C25H36FN5OS. The van der Waals surface area contributed by atoms with Crippen molar-refractivity contribution in [1.29, 1.82) is 5.41 Å². The fraction of sp³-hybridized carbons (Fsp3) is 0.400. The van der Waals surface area contributed by atoms with Gasteiger partial charge in [0.1, 0.15) is 18.0 Å². The molecule has 0 amide bonds. The third-order valence-corrected chi connectivity index (χ3v) is 5.04. The van der Waals surface area contributed by atoms with E-state index in [2.05, 4.69) is 29.2 Å². The van der Waals surface area contributed by atoms with E-state index in [-0.39, 0.29) is 17.6 Å². The Morgan fingerprint density at radius 3 is 2.27 bits per heavy atom. The number of nitrogens with one attached hydrogen (secondary N) is 2. The molecule has 0 aliphatic heterocycles. The van der Waals surface area contributed by atoms with Crippen LogP contribution in [0.3, 0.4) is 0 Å². The Balaban J connectivity index is 0.00000101. The molecule has 3 rings (SSSR count). The van der Waals surface area contributed by atoms with Gasteiger partial charge in [-0.15, -0.1) is 5.10 Å². The maximum Gasteiger partial charge on any atom is 0.247 e. The lowest BCUT2D eigenvalue weighted by Gasteiger charge is -2.09. The van der Waals surface area contributed by atoms with Crippen molar-refractivity contribution in [3.8, 4) is 0 Å². The van der Waals surface area contributed by atoms with E-state index in [1.807, 2.05) is 58.0 Å². The van der Waals surface area contributed by atoms with Crippen molar-refractivity contribution >= 4 is 29.7 Å². The Labute approximate surface area is 201 Å². The number of rotatable bonds is 7. The maximum absolute atomic E-state index is 14.6. The zero-order valence-corrected chi connectivity index (χ0v) is 21.4. The first-order chi connectivity index (χ1) is 15.8. The summed E-state index contributed by atoms with van der Waals surface area (Å²) in [4.78, 5) is 5.99. The summed E-state index contributed by atoms with van der Waals surface area (Å²) in [5.74, 6) is 0.541. The van der Waals surface area contributed by atoms with E-state index in [4.69, 9.17) is 5.41 Å². The van der Waals surface area contributed by atoms with Gasteiger partial charge in [-0.2, -0.15) is 4.98 Å². The number of hydrogen-bond donors (Lipinski definition) is 3. The highest BCUT2D eigenvalue weighted by Crippen LogP contribution is 2.32. The highest BCUT2D eigenvalue weighted by molar-refractivity contribution is 7.99. The van der Waals surface area contributed by atoms with Crippen molar-refractivity contribution in [3.63, 3.8) is 0 Å². The Morgan fingerprint density at radius 2 is 1.76 bits per heavy atom. The average Bonchev–Trinajstić information content (AvgIpc) is 3.21. The largest absolute Gasteiger partial charge is 0.389 e. The first-order valence-electron chi connectivity index (χ1n) is 11.3. The number of hydrogen-bond acceptors (Lipinski definition) is 6. The average molecular weight is 474 g/mol. The second-order valence-electron chi connectivity index (χ2n) is 7.35. The fourth-order valence-electron chi connectivity index (χ4n) is 2.63. The van der Waals surface area contributed by atoms with Gasteiger partial charge in [0.15, 0.2) is 0 Å². The van der Waals surface area contributed by atoms with Gasteiger partial charge in [0.05, 0.1) is 11.8 Å². The van der Waals surface area contributed by atoms with Crippen molar-refractivity contribution in [2.75, 3.05) is 5.32 Å². The summed E-state index contributed by atoms with van der Waals surface area (Å²) in [6.07, 6.45) is 1.78. The van der Waals surface area contributed by atoms with Crippen LogP contribution in [0.25, 0.3) is 0 Å². The van der Waals surface area contributed by atoms with Gasteiger partial charge < -0.3 is 10.4 Å². The van der Waals surface area contributed by atoms with E-state index in [0.29, 0.717) is 5.82 Å². The van der Waals surface area contributed by atoms with Gasteiger partial charge in [0, 0.05) is 15.7 Å². The predicted molar refractivity (Wildman–Crippen MR) is 136 cm³/mol. The van der Waals surface area contributed by atoms with E-state index in [9.17, 15) is 9.50 Å². The smallest absolute Gasteiger partial charge is 0.247 e. The summed E-state index contributed by atoms with van der Waals surface area (Å²) >= 11 is 1.42. The molecule has 3 aromatic rings. The van der Waals surface area contributed by atoms with Crippen molar-refractivity contribution in [3.05, 3.63) is 59.7 Å². The van der Waals surface area contributed by atoms with Crippen molar-refractivity contribution in [1.82, 2.24) is 14.8 Å². The number of aliphatic hydroxyl groups excluding tert-OH is 1. The van der Waals surface area contributed by atoms with Crippen LogP contribution in [-0.4, -0.2) is 26.2 Å². The van der Waals surface area contributed by atoms with Gasteiger partial charge >= 0.3 is 0 Å². The van der Waals surface area contributed by atoms with Crippen LogP contribution in [0.5, 0.6) is 0 Å². The Hall–Kier alpha value is -2.71. The lowest BCUT2D eigenvalue weighted by Crippen LogP contribution is -2.04. The molecule has 2 aromatic carbocycles. The van der Waals surface area contributed by atoms with E-state index in [1.165, 1.54) is 28.9 Å². The minimum atomic E-state index is -0.548. The lowest BCUT2D eigenvalue weighted by molar-refractivity contribution is 0.199. The molecule has 0 aliphatic carbocycles. The normalized spacial score (nSPS) is 11.1. The first-order valence-corrected chi connectivity index (χ1v) is 12.1. The topological polar surface area (TPSA) is 86.8 Å². The van der Waals surface area contributed by atoms with Crippen LogP contribution in [-0.2, 0) is 0 Å². The molecular weight excluding hydrogens is 437 g/mol. The van der Waals surface area contributed by atoms with E-state index in [1.54, 1.807) is 13.0 Å². The van der Waals surface area contributed by atoms with Crippen LogP contribution in [0, 0.1) is 11.2 Å². The number of aromatic nitrogens is 3. The summed E-state index contributed by atoms with van der Waals surface area (Å²) in [6.45, 7) is 13.9. The maximum atomic E-state index is 14.6. The van der Waals surface area contributed by atoms with Gasteiger partial charge in [-0.25, -0.2) is 9.07 Å². The molecule has 0 aliphatic rings. The molecule has 0 bridgehead atoms. The summed E-state index contributed by atoms with van der Waals surface area (Å²) < 4.78 is 15.9. The second kappa shape index (κ2) is 14.4. The summed E-state index contributed by atoms with van der Waals surface area (Å²) in [5, 5.41) is 24.1. The van der Waals surface area contributed by atoms with Gasteiger partial charge in [-0.05, 0) is 42.8 Å². The van der Waals surface area contributed by atoms with E-state index in [0.717, 1.165) is 21.7 Å². The second-order valence-corrected chi connectivity index (χ2v) is 8.49. The van der Waals surface area contributed by atoms with Crippen LogP contribution in [0.4, 0.5) is 16.0 Å². The number of halogens is 1. The van der Waals surface area contributed by atoms with Gasteiger partial charge in [0.25, 0.3) is 0 Å². The van der Waals surface area contributed by atoms with Gasteiger partial charge in [-0.1, -0.05) is 71.9 Å². The molecule has 1 aromatic heterocycles. The number of aliphatic hydroxyl groups is 1.